The fourth-order valence-corrected chi connectivity index (χ4v) is 1.11. The van der Waals surface area contributed by atoms with E-state index in [0.29, 0.717) is 6.61 Å². The topological polar surface area (TPSA) is 46.2 Å². The maximum Gasteiger partial charge on any atom is 0.335 e. The number of esters is 1. The highest BCUT2D eigenvalue weighted by molar-refractivity contribution is 5.70. The van der Waals surface area contributed by atoms with Gasteiger partial charge in [0.1, 0.15) is 0 Å². The summed E-state index contributed by atoms with van der Waals surface area (Å²) in [7, 11) is 0. The number of hydrogen-bond donors (Lipinski definition) is 0. The van der Waals surface area contributed by atoms with Gasteiger partial charge in [0.05, 0.1) is 6.61 Å². The smallest absolute Gasteiger partial charge is 0.335 e. The minimum atomic E-state index is -0.754. The van der Waals surface area contributed by atoms with E-state index >= 15 is 0 Å². The van der Waals surface area contributed by atoms with Crippen molar-refractivity contribution in [3.63, 3.8) is 0 Å². The van der Waals surface area contributed by atoms with Gasteiger partial charge in [-0.15, -0.1) is 0 Å². The van der Waals surface area contributed by atoms with Gasteiger partial charge in [0.2, 0.25) is 0 Å². The Morgan fingerprint density at radius 2 is 1.69 bits per heavy atom. The summed E-state index contributed by atoms with van der Waals surface area (Å²) in [6.07, 6.45) is 6.95. The SMILES string of the molecule is CCCCCCCCOC(=O)C[O]. The van der Waals surface area contributed by atoms with Crippen LogP contribution in [0.2, 0.25) is 0 Å². The quantitative estimate of drug-likeness (QED) is 0.432. The summed E-state index contributed by atoms with van der Waals surface area (Å²) in [5.74, 6) is -0.631. The average molecular weight is 187 g/mol. The van der Waals surface area contributed by atoms with Crippen LogP contribution in [0.3, 0.4) is 0 Å². The minimum Gasteiger partial charge on any atom is -0.464 e. The van der Waals surface area contributed by atoms with E-state index < -0.39 is 12.6 Å². The lowest BCUT2D eigenvalue weighted by molar-refractivity contribution is -0.149. The first kappa shape index (κ1) is 12.4. The lowest BCUT2D eigenvalue weighted by atomic mass is 10.1. The van der Waals surface area contributed by atoms with Crippen molar-refractivity contribution in [3.05, 3.63) is 0 Å². The zero-order chi connectivity index (χ0) is 9.94. The van der Waals surface area contributed by atoms with E-state index in [1.807, 2.05) is 0 Å². The number of hydrogen-bond acceptors (Lipinski definition) is 2. The van der Waals surface area contributed by atoms with Crippen LogP contribution in [0.5, 0.6) is 0 Å². The Labute approximate surface area is 80.1 Å². The van der Waals surface area contributed by atoms with Crippen LogP contribution in [0.1, 0.15) is 45.4 Å². The normalized spacial score (nSPS) is 10.0. The molecule has 0 atom stereocenters. The zero-order valence-electron chi connectivity index (χ0n) is 8.38. The monoisotopic (exact) mass is 187 g/mol. The molecule has 13 heavy (non-hydrogen) atoms. The van der Waals surface area contributed by atoms with Crippen molar-refractivity contribution in [2.45, 2.75) is 45.4 Å². The Morgan fingerprint density at radius 3 is 2.31 bits per heavy atom. The average Bonchev–Trinajstić information content (AvgIpc) is 2.16. The molecular formula is C10H19O3. The predicted octanol–water partition coefficient (Wildman–Crippen LogP) is 2.32. The highest BCUT2D eigenvalue weighted by atomic mass is 16.5. The molecule has 0 aromatic carbocycles. The molecule has 0 heterocycles. The number of ether oxygens (including phenoxy) is 1. The second-order valence-electron chi connectivity index (χ2n) is 3.13. The summed E-state index contributed by atoms with van der Waals surface area (Å²) in [5.41, 5.74) is 0. The third-order valence-corrected chi connectivity index (χ3v) is 1.88. The van der Waals surface area contributed by atoms with Crippen molar-refractivity contribution in [3.8, 4) is 0 Å². The van der Waals surface area contributed by atoms with E-state index in [9.17, 15) is 9.90 Å². The van der Waals surface area contributed by atoms with Gasteiger partial charge in [0.25, 0.3) is 0 Å². The molecule has 0 aliphatic carbocycles. The van der Waals surface area contributed by atoms with Crippen LogP contribution in [0, 0.1) is 0 Å². The number of carbonyl (C=O) groups is 1. The molecular weight excluding hydrogens is 168 g/mol. The first-order chi connectivity index (χ1) is 6.31. The van der Waals surface area contributed by atoms with Crippen LogP contribution < -0.4 is 0 Å². The second kappa shape index (κ2) is 9.52. The van der Waals surface area contributed by atoms with Gasteiger partial charge < -0.3 is 4.74 Å². The Bertz CT molecular complexity index is 123. The van der Waals surface area contributed by atoms with E-state index in [1.54, 1.807) is 0 Å². The van der Waals surface area contributed by atoms with Gasteiger partial charge in [-0.2, -0.15) is 0 Å². The van der Waals surface area contributed by atoms with Crippen LogP contribution in [0.25, 0.3) is 0 Å². The molecule has 1 radical (unpaired) electrons. The molecule has 3 nitrogen and oxygen atoms in total. The zero-order valence-corrected chi connectivity index (χ0v) is 8.38. The van der Waals surface area contributed by atoms with E-state index in [1.165, 1.54) is 25.7 Å². The first-order valence-corrected chi connectivity index (χ1v) is 5.05. The molecule has 0 bridgehead atoms. The molecule has 0 amide bonds. The van der Waals surface area contributed by atoms with Crippen molar-refractivity contribution in [1.29, 1.82) is 0 Å². The molecule has 0 saturated carbocycles. The Hall–Kier alpha value is -0.570. The number of carbonyl (C=O) groups excluding carboxylic acids is 1. The van der Waals surface area contributed by atoms with Crippen molar-refractivity contribution in [2.75, 3.05) is 13.2 Å². The van der Waals surface area contributed by atoms with Gasteiger partial charge >= 0.3 is 5.97 Å². The molecule has 0 unspecified atom stereocenters. The highest BCUT2D eigenvalue weighted by Gasteiger charge is 1.98. The molecule has 0 aliphatic rings. The van der Waals surface area contributed by atoms with E-state index in [-0.39, 0.29) is 0 Å². The third-order valence-electron chi connectivity index (χ3n) is 1.88. The number of unbranched alkanes of at least 4 members (excludes halogenated alkanes) is 5. The van der Waals surface area contributed by atoms with Crippen LogP contribution in [0.15, 0.2) is 0 Å². The molecule has 0 aliphatic heterocycles. The van der Waals surface area contributed by atoms with E-state index in [4.69, 9.17) is 0 Å². The Morgan fingerprint density at radius 1 is 1.08 bits per heavy atom. The van der Waals surface area contributed by atoms with Gasteiger partial charge in [-0.05, 0) is 6.42 Å². The van der Waals surface area contributed by atoms with Gasteiger partial charge in [-0.25, -0.2) is 9.90 Å². The molecule has 0 aromatic rings. The van der Waals surface area contributed by atoms with Crippen LogP contribution >= 0.6 is 0 Å². The minimum absolute atomic E-state index is 0.410. The van der Waals surface area contributed by atoms with Gasteiger partial charge in [-0.1, -0.05) is 39.0 Å². The summed E-state index contributed by atoms with van der Waals surface area (Å²) in [6.45, 7) is 1.83. The third kappa shape index (κ3) is 9.34. The maximum atomic E-state index is 10.4. The Balaban J connectivity index is 2.95. The van der Waals surface area contributed by atoms with Gasteiger partial charge in [-0.3, -0.25) is 0 Å². The van der Waals surface area contributed by atoms with Gasteiger partial charge in [0.15, 0.2) is 6.61 Å². The standard InChI is InChI=1S/C10H19O3/c1-2-3-4-5-6-7-8-13-10(12)9-11/h2-9H2,1H3. The van der Waals surface area contributed by atoms with Gasteiger partial charge in [0, 0.05) is 0 Å². The molecule has 77 valence electrons. The maximum absolute atomic E-state index is 10.4. The fourth-order valence-electron chi connectivity index (χ4n) is 1.11. The van der Waals surface area contributed by atoms with Crippen molar-refractivity contribution in [2.24, 2.45) is 0 Å². The first-order valence-electron chi connectivity index (χ1n) is 5.05. The lowest BCUT2D eigenvalue weighted by Crippen LogP contribution is -2.08. The molecule has 0 rings (SSSR count). The summed E-state index contributed by atoms with van der Waals surface area (Å²) >= 11 is 0. The Kier molecular flexibility index (Phi) is 9.10. The molecule has 0 aromatic heterocycles. The summed E-state index contributed by atoms with van der Waals surface area (Å²) in [4.78, 5) is 10.4. The summed E-state index contributed by atoms with van der Waals surface area (Å²) < 4.78 is 4.65. The van der Waals surface area contributed by atoms with Crippen molar-refractivity contribution in [1.82, 2.24) is 0 Å². The van der Waals surface area contributed by atoms with Crippen LogP contribution in [0.4, 0.5) is 0 Å². The lowest BCUT2D eigenvalue weighted by Gasteiger charge is -2.01. The van der Waals surface area contributed by atoms with Crippen LogP contribution in [-0.2, 0) is 14.6 Å². The van der Waals surface area contributed by atoms with Crippen LogP contribution in [-0.4, -0.2) is 19.2 Å². The predicted molar refractivity (Wildman–Crippen MR) is 49.9 cm³/mol. The molecule has 0 N–H and O–H groups in total. The largest absolute Gasteiger partial charge is 0.464 e. The van der Waals surface area contributed by atoms with E-state index in [2.05, 4.69) is 11.7 Å². The van der Waals surface area contributed by atoms with Crippen molar-refractivity contribution < 1.29 is 14.6 Å². The summed E-state index contributed by atoms with van der Waals surface area (Å²) in [5, 5.41) is 9.96. The molecule has 0 fully saturated rings. The second-order valence-corrected chi connectivity index (χ2v) is 3.13. The molecule has 3 heteroatoms. The van der Waals surface area contributed by atoms with E-state index in [0.717, 1.165) is 12.8 Å². The number of rotatable bonds is 8. The molecule has 0 spiro atoms. The summed E-state index contributed by atoms with van der Waals surface area (Å²) in [6, 6.07) is 0. The fraction of sp³-hybridized carbons (Fsp3) is 0.900. The molecule has 0 saturated heterocycles. The highest BCUT2D eigenvalue weighted by Crippen LogP contribution is 2.04. The van der Waals surface area contributed by atoms with Crippen molar-refractivity contribution >= 4 is 5.97 Å².